The number of benzene rings is 2. The van der Waals surface area contributed by atoms with Crippen LogP contribution in [-0.2, 0) is 14.6 Å². The lowest BCUT2D eigenvalue weighted by Gasteiger charge is -2.07. The highest BCUT2D eigenvalue weighted by molar-refractivity contribution is 7.99. The normalized spacial score (nSPS) is 11.1. The molecule has 26 heavy (non-hydrogen) atoms. The third-order valence-electron chi connectivity index (χ3n) is 3.04. The van der Waals surface area contributed by atoms with Gasteiger partial charge in [0.15, 0.2) is 16.4 Å². The first-order chi connectivity index (χ1) is 12.2. The number of carboxylic acids is 1. The van der Waals surface area contributed by atoms with Gasteiger partial charge in [0.25, 0.3) is 5.69 Å². The van der Waals surface area contributed by atoms with Crippen LogP contribution in [0.5, 0.6) is 5.75 Å². The van der Waals surface area contributed by atoms with Crippen LogP contribution in [0.15, 0.2) is 57.2 Å². The molecule has 2 rings (SSSR count). The Balaban J connectivity index is 2.26. The topological polar surface area (TPSA) is 124 Å². The predicted octanol–water partition coefficient (Wildman–Crippen LogP) is 3.18. The number of rotatable bonds is 8. The molecule has 0 atom stereocenters. The summed E-state index contributed by atoms with van der Waals surface area (Å²) in [5.74, 6) is -0.763. The molecule has 0 unspecified atom stereocenters. The number of nitro groups is 1. The molecule has 0 aliphatic heterocycles. The van der Waals surface area contributed by atoms with Gasteiger partial charge in [0, 0.05) is 11.0 Å². The van der Waals surface area contributed by atoms with E-state index in [0.29, 0.717) is 10.6 Å². The molecule has 1 N–H and O–H groups in total. The van der Waals surface area contributed by atoms with Gasteiger partial charge in [-0.3, -0.25) is 10.1 Å². The zero-order chi connectivity index (χ0) is 19.3. The van der Waals surface area contributed by atoms with Gasteiger partial charge in [0.2, 0.25) is 0 Å². The lowest BCUT2D eigenvalue weighted by molar-refractivity contribution is -0.388. The van der Waals surface area contributed by atoms with Crippen LogP contribution in [0, 0.1) is 10.1 Å². The van der Waals surface area contributed by atoms with Crippen LogP contribution < -0.4 is 4.74 Å². The van der Waals surface area contributed by atoms with E-state index in [1.165, 1.54) is 24.3 Å². The molecule has 0 saturated heterocycles. The smallest absolute Gasteiger partial charge is 0.341 e. The van der Waals surface area contributed by atoms with Crippen LogP contribution in [0.3, 0.4) is 0 Å². The highest BCUT2D eigenvalue weighted by atomic mass is 35.5. The second-order valence-electron chi connectivity index (χ2n) is 4.87. The van der Waals surface area contributed by atoms with Crippen LogP contribution in [0.25, 0.3) is 0 Å². The maximum atomic E-state index is 11.8. The van der Waals surface area contributed by atoms with Crippen molar-refractivity contribution in [2.45, 2.75) is 14.7 Å². The Morgan fingerprint density at radius 3 is 2.42 bits per heavy atom. The molecule has 0 saturated carbocycles. The summed E-state index contributed by atoms with van der Waals surface area (Å²) >= 11 is 6.44. The highest BCUT2D eigenvalue weighted by Crippen LogP contribution is 2.37. The number of carbonyl (C=O) groups is 1. The summed E-state index contributed by atoms with van der Waals surface area (Å²) in [6.45, 7) is -0.478. The molecule has 138 valence electrons. The Kier molecular flexibility index (Phi) is 6.46. The molecule has 0 aliphatic carbocycles. The molecule has 0 bridgehead atoms. The molecule has 8 nitrogen and oxygen atoms in total. The first-order valence-corrected chi connectivity index (χ1v) is 9.93. The summed E-state index contributed by atoms with van der Waals surface area (Å²) in [5.41, 5.74) is -0.354. The molecular weight excluding hydrogens is 406 g/mol. The minimum Gasteiger partial charge on any atom is -0.482 e. The van der Waals surface area contributed by atoms with E-state index in [2.05, 4.69) is 0 Å². The van der Waals surface area contributed by atoms with Crippen molar-refractivity contribution in [3.8, 4) is 5.75 Å². The van der Waals surface area contributed by atoms with Gasteiger partial charge in [-0.25, -0.2) is 13.2 Å². The Morgan fingerprint density at radius 2 is 1.88 bits per heavy atom. The van der Waals surface area contributed by atoms with Crippen molar-refractivity contribution in [3.63, 3.8) is 0 Å². The number of nitrogens with zero attached hydrogens (tertiary/aromatic N) is 1. The average Bonchev–Trinajstić information content (AvgIpc) is 2.61. The summed E-state index contributed by atoms with van der Waals surface area (Å²) in [7, 11) is -3.78. The minimum atomic E-state index is -3.78. The molecule has 0 spiro atoms. The highest BCUT2D eigenvalue weighted by Gasteiger charge is 2.21. The average molecular weight is 418 g/mol. The van der Waals surface area contributed by atoms with E-state index in [1.54, 1.807) is 12.1 Å². The van der Waals surface area contributed by atoms with E-state index in [4.69, 9.17) is 21.4 Å². The summed E-state index contributed by atoms with van der Waals surface area (Å²) in [4.78, 5) is 21.7. The minimum absolute atomic E-state index is 0.221. The molecule has 0 fully saturated rings. The van der Waals surface area contributed by atoms with Crippen molar-refractivity contribution in [1.29, 1.82) is 0 Å². The molecule has 11 heteroatoms. The van der Waals surface area contributed by atoms with E-state index < -0.39 is 32.5 Å². The summed E-state index contributed by atoms with van der Waals surface area (Å²) in [6, 6.07) is 9.86. The molecule has 0 heterocycles. The zero-order valence-corrected chi connectivity index (χ0v) is 15.4. The maximum absolute atomic E-state index is 11.8. The van der Waals surface area contributed by atoms with Gasteiger partial charge in [-0.1, -0.05) is 11.8 Å². The SMILES string of the molecule is O=C(O)COc1ccc(Sc2ccc(S(=O)(=O)CCl)cc2[N+](=O)[O-])cc1. The fourth-order valence-electron chi connectivity index (χ4n) is 1.86. The molecular formula is C15H12ClNO7S2. The predicted molar refractivity (Wildman–Crippen MR) is 94.7 cm³/mol. The fourth-order valence-corrected chi connectivity index (χ4v) is 3.83. The van der Waals surface area contributed by atoms with E-state index >= 15 is 0 Å². The largest absolute Gasteiger partial charge is 0.482 e. The van der Waals surface area contributed by atoms with Crippen molar-refractivity contribution in [3.05, 3.63) is 52.6 Å². The molecule has 0 aromatic heterocycles. The molecule has 2 aromatic carbocycles. The number of hydrogen-bond donors (Lipinski definition) is 1. The van der Waals surface area contributed by atoms with Crippen molar-refractivity contribution in [1.82, 2.24) is 0 Å². The van der Waals surface area contributed by atoms with Crippen LogP contribution in [0.4, 0.5) is 5.69 Å². The van der Waals surface area contributed by atoms with Gasteiger partial charge < -0.3 is 9.84 Å². The summed E-state index contributed by atoms with van der Waals surface area (Å²) < 4.78 is 28.6. The summed E-state index contributed by atoms with van der Waals surface area (Å²) in [5, 5.41) is 19.2. The van der Waals surface area contributed by atoms with E-state index in [9.17, 15) is 23.3 Å². The number of carboxylic acid groups (broad SMARTS) is 1. The standard InChI is InChI=1S/C15H12ClNO7S2/c16-9-26(22,23)12-5-6-14(13(7-12)17(20)21)25-11-3-1-10(2-4-11)24-8-15(18)19/h1-7H,8-9H2,(H,18,19). The van der Waals surface area contributed by atoms with Crippen LogP contribution in [-0.4, -0.2) is 36.2 Å². The third-order valence-corrected chi connectivity index (χ3v) is 6.24. The first-order valence-electron chi connectivity index (χ1n) is 6.92. The Hall–Kier alpha value is -2.30. The van der Waals surface area contributed by atoms with Gasteiger partial charge >= 0.3 is 5.97 Å². The fraction of sp³-hybridized carbons (Fsp3) is 0.133. The lowest BCUT2D eigenvalue weighted by atomic mass is 10.3. The third kappa shape index (κ3) is 5.10. The van der Waals surface area contributed by atoms with Crippen molar-refractivity contribution < 1.29 is 28.0 Å². The van der Waals surface area contributed by atoms with Crippen molar-refractivity contribution in [2.24, 2.45) is 0 Å². The van der Waals surface area contributed by atoms with Gasteiger partial charge in [-0.15, -0.1) is 11.6 Å². The van der Waals surface area contributed by atoms with Gasteiger partial charge in [-0.2, -0.15) is 0 Å². The van der Waals surface area contributed by atoms with Crippen molar-refractivity contribution in [2.75, 3.05) is 11.8 Å². The Morgan fingerprint density at radius 1 is 1.23 bits per heavy atom. The quantitative estimate of drug-likeness (QED) is 0.394. The van der Waals surface area contributed by atoms with Gasteiger partial charge in [-0.05, 0) is 36.4 Å². The number of sulfone groups is 1. The van der Waals surface area contributed by atoms with Crippen LogP contribution in [0.1, 0.15) is 0 Å². The monoisotopic (exact) mass is 417 g/mol. The number of nitro benzene ring substituents is 1. The van der Waals surface area contributed by atoms with E-state index in [-0.39, 0.29) is 15.5 Å². The Bertz CT molecular complexity index is 930. The number of halogens is 1. The maximum Gasteiger partial charge on any atom is 0.341 e. The van der Waals surface area contributed by atoms with Crippen molar-refractivity contribution >= 4 is 44.9 Å². The zero-order valence-electron chi connectivity index (χ0n) is 13.0. The first kappa shape index (κ1) is 20.0. The second kappa shape index (κ2) is 8.39. The number of alkyl halides is 1. The van der Waals surface area contributed by atoms with Crippen LogP contribution >= 0.6 is 23.4 Å². The molecule has 0 amide bonds. The number of aliphatic carboxylic acids is 1. The van der Waals surface area contributed by atoms with Gasteiger partial charge in [0.05, 0.1) is 14.7 Å². The molecule has 0 aliphatic rings. The summed E-state index contributed by atoms with van der Waals surface area (Å²) in [6.07, 6.45) is 0. The number of ether oxygens (including phenoxy) is 1. The van der Waals surface area contributed by atoms with Gasteiger partial charge in [0.1, 0.15) is 11.0 Å². The molecule has 0 radical (unpaired) electrons. The van der Waals surface area contributed by atoms with E-state index in [0.717, 1.165) is 17.8 Å². The molecule has 2 aromatic rings. The second-order valence-corrected chi connectivity index (χ2v) is 8.56. The number of hydrogen-bond acceptors (Lipinski definition) is 7. The Labute approximate surface area is 157 Å². The lowest BCUT2D eigenvalue weighted by Crippen LogP contribution is -2.09. The van der Waals surface area contributed by atoms with Crippen LogP contribution in [0.2, 0.25) is 0 Å². The van der Waals surface area contributed by atoms with E-state index in [1.807, 2.05) is 0 Å².